The highest BCUT2D eigenvalue weighted by molar-refractivity contribution is 5.97. The minimum atomic E-state index is -0.892. The summed E-state index contributed by atoms with van der Waals surface area (Å²) in [5.41, 5.74) is 6.25. The number of nitrogen functional groups attached to an aromatic ring is 1. The van der Waals surface area contributed by atoms with E-state index < -0.39 is 23.4 Å². The molecule has 0 aliphatic carbocycles. The number of esters is 1. The number of hydrogen-bond acceptors (Lipinski definition) is 6. The van der Waals surface area contributed by atoms with Gasteiger partial charge in [-0.25, -0.2) is 4.79 Å². The van der Waals surface area contributed by atoms with Crippen LogP contribution in [0, 0.1) is 16.0 Å². The zero-order valence-electron chi connectivity index (χ0n) is 15.8. The fourth-order valence-corrected chi connectivity index (χ4v) is 2.71. The van der Waals surface area contributed by atoms with E-state index >= 15 is 0 Å². The fraction of sp³-hybridized carbons (Fsp3) is 0.300. The van der Waals surface area contributed by atoms with Crippen molar-refractivity contribution < 1.29 is 19.2 Å². The molecule has 1 atom stereocenters. The summed E-state index contributed by atoms with van der Waals surface area (Å²) in [5, 5.41) is 13.7. The third kappa shape index (κ3) is 5.80. The monoisotopic (exact) mass is 385 g/mol. The van der Waals surface area contributed by atoms with Gasteiger partial charge in [0.15, 0.2) is 6.61 Å². The number of anilines is 1. The maximum Gasteiger partial charge on any atom is 0.341 e. The second kappa shape index (κ2) is 9.50. The van der Waals surface area contributed by atoms with Crippen LogP contribution in [0.25, 0.3) is 0 Å². The molecule has 0 heterocycles. The number of non-ortho nitro benzene ring substituents is 1. The number of hydrogen-bond donors (Lipinski definition) is 2. The van der Waals surface area contributed by atoms with Crippen molar-refractivity contribution in [2.75, 3.05) is 12.3 Å². The van der Waals surface area contributed by atoms with Crippen molar-refractivity contribution in [1.82, 2.24) is 5.32 Å². The Morgan fingerprint density at radius 2 is 1.86 bits per heavy atom. The Kier molecular flexibility index (Phi) is 7.08. The van der Waals surface area contributed by atoms with E-state index in [0.29, 0.717) is 5.92 Å². The van der Waals surface area contributed by atoms with Crippen LogP contribution in [0.2, 0.25) is 0 Å². The van der Waals surface area contributed by atoms with Crippen LogP contribution in [-0.4, -0.2) is 23.4 Å². The number of nitrogens with two attached hydrogens (primary N) is 1. The standard InChI is InChI=1S/C20H23N3O5/c1-13(2)10-18(14-6-4-3-5-7-14)22-19(24)12-28-20(25)16-11-15(23(26)27)8-9-17(16)21/h3-9,11,13,18H,10,12,21H2,1-2H3,(H,22,24)/t18-/m1/s1. The Labute approximate surface area is 162 Å². The number of amides is 1. The van der Waals surface area contributed by atoms with Crippen LogP contribution in [0.4, 0.5) is 11.4 Å². The van der Waals surface area contributed by atoms with Crippen molar-refractivity contribution >= 4 is 23.3 Å². The molecule has 0 saturated heterocycles. The molecule has 2 aromatic carbocycles. The predicted molar refractivity (Wildman–Crippen MR) is 105 cm³/mol. The number of rotatable bonds is 8. The summed E-state index contributed by atoms with van der Waals surface area (Å²) in [7, 11) is 0. The van der Waals surface area contributed by atoms with Crippen molar-refractivity contribution in [2.45, 2.75) is 26.3 Å². The van der Waals surface area contributed by atoms with E-state index in [1.807, 2.05) is 44.2 Å². The highest BCUT2D eigenvalue weighted by atomic mass is 16.6. The van der Waals surface area contributed by atoms with Gasteiger partial charge in [0.05, 0.1) is 16.5 Å². The van der Waals surface area contributed by atoms with Crippen molar-refractivity contribution in [3.8, 4) is 0 Å². The van der Waals surface area contributed by atoms with Gasteiger partial charge < -0.3 is 15.8 Å². The summed E-state index contributed by atoms with van der Waals surface area (Å²) in [6, 6.07) is 12.8. The first-order valence-corrected chi connectivity index (χ1v) is 8.83. The summed E-state index contributed by atoms with van der Waals surface area (Å²) in [5.74, 6) is -1.01. The van der Waals surface area contributed by atoms with Crippen LogP contribution in [0.3, 0.4) is 0 Å². The van der Waals surface area contributed by atoms with E-state index in [1.54, 1.807) is 0 Å². The van der Waals surface area contributed by atoms with Crippen LogP contribution >= 0.6 is 0 Å². The van der Waals surface area contributed by atoms with E-state index in [-0.39, 0.29) is 23.0 Å². The van der Waals surface area contributed by atoms with Crippen molar-refractivity contribution in [3.05, 3.63) is 69.8 Å². The van der Waals surface area contributed by atoms with Gasteiger partial charge in [-0.15, -0.1) is 0 Å². The summed E-state index contributed by atoms with van der Waals surface area (Å²) in [6.45, 7) is 3.59. The number of nitro benzene ring substituents is 1. The Morgan fingerprint density at radius 1 is 1.18 bits per heavy atom. The lowest BCUT2D eigenvalue weighted by molar-refractivity contribution is -0.384. The van der Waals surface area contributed by atoms with E-state index in [0.717, 1.165) is 18.1 Å². The van der Waals surface area contributed by atoms with E-state index in [1.165, 1.54) is 12.1 Å². The average Bonchev–Trinajstić information content (AvgIpc) is 2.66. The van der Waals surface area contributed by atoms with Gasteiger partial charge in [0.25, 0.3) is 11.6 Å². The second-order valence-corrected chi connectivity index (χ2v) is 6.77. The Bertz CT molecular complexity index is 852. The van der Waals surface area contributed by atoms with E-state index in [9.17, 15) is 19.7 Å². The number of nitrogens with one attached hydrogen (secondary N) is 1. The van der Waals surface area contributed by atoms with Crippen LogP contribution in [0.15, 0.2) is 48.5 Å². The second-order valence-electron chi connectivity index (χ2n) is 6.77. The largest absolute Gasteiger partial charge is 0.452 e. The molecule has 0 radical (unpaired) electrons. The predicted octanol–water partition coefficient (Wildman–Crippen LogP) is 3.24. The molecule has 0 aliphatic heterocycles. The minimum Gasteiger partial charge on any atom is -0.452 e. The molecule has 0 aromatic heterocycles. The van der Waals surface area contributed by atoms with Gasteiger partial charge in [0.2, 0.25) is 0 Å². The van der Waals surface area contributed by atoms with Gasteiger partial charge in [-0.05, 0) is 24.0 Å². The summed E-state index contributed by atoms with van der Waals surface area (Å²) in [6.07, 6.45) is 0.724. The normalized spacial score (nSPS) is 11.7. The summed E-state index contributed by atoms with van der Waals surface area (Å²) in [4.78, 5) is 34.7. The molecule has 3 N–H and O–H groups in total. The van der Waals surface area contributed by atoms with Gasteiger partial charge >= 0.3 is 5.97 Å². The molecule has 148 valence electrons. The molecule has 1 amide bonds. The van der Waals surface area contributed by atoms with Crippen molar-refractivity contribution in [2.24, 2.45) is 5.92 Å². The SMILES string of the molecule is CC(C)C[C@@H](NC(=O)COC(=O)c1cc([N+](=O)[O-])ccc1N)c1ccccc1. The number of nitrogens with zero attached hydrogens (tertiary/aromatic N) is 1. The molecular formula is C20H23N3O5. The third-order valence-corrected chi connectivity index (χ3v) is 4.05. The minimum absolute atomic E-state index is 0.0398. The average molecular weight is 385 g/mol. The first kappa shape index (κ1) is 20.9. The molecule has 28 heavy (non-hydrogen) atoms. The zero-order chi connectivity index (χ0) is 20.7. The summed E-state index contributed by atoms with van der Waals surface area (Å²) >= 11 is 0. The van der Waals surface area contributed by atoms with Crippen LogP contribution < -0.4 is 11.1 Å². The van der Waals surface area contributed by atoms with Crippen molar-refractivity contribution in [3.63, 3.8) is 0 Å². The number of carbonyl (C=O) groups excluding carboxylic acids is 2. The zero-order valence-corrected chi connectivity index (χ0v) is 15.8. The maximum absolute atomic E-state index is 12.3. The molecular weight excluding hydrogens is 362 g/mol. The number of benzene rings is 2. The van der Waals surface area contributed by atoms with Gasteiger partial charge in [0.1, 0.15) is 0 Å². The topological polar surface area (TPSA) is 125 Å². The van der Waals surface area contributed by atoms with Crippen LogP contribution in [0.5, 0.6) is 0 Å². The molecule has 0 bridgehead atoms. The lowest BCUT2D eigenvalue weighted by Crippen LogP contribution is -2.33. The molecule has 0 aliphatic rings. The van der Waals surface area contributed by atoms with Gasteiger partial charge in [-0.1, -0.05) is 44.2 Å². The quantitative estimate of drug-likeness (QED) is 0.311. The third-order valence-electron chi connectivity index (χ3n) is 4.05. The lowest BCUT2D eigenvalue weighted by atomic mass is 9.97. The first-order valence-electron chi connectivity index (χ1n) is 8.83. The molecule has 0 fully saturated rings. The van der Waals surface area contributed by atoms with Crippen LogP contribution in [-0.2, 0) is 9.53 Å². The Morgan fingerprint density at radius 3 is 2.46 bits per heavy atom. The van der Waals surface area contributed by atoms with Gasteiger partial charge in [-0.3, -0.25) is 14.9 Å². The molecule has 0 spiro atoms. The van der Waals surface area contributed by atoms with Crippen LogP contribution in [0.1, 0.15) is 42.2 Å². The molecule has 2 rings (SSSR count). The molecule has 2 aromatic rings. The van der Waals surface area contributed by atoms with Gasteiger partial charge in [0, 0.05) is 17.8 Å². The smallest absolute Gasteiger partial charge is 0.341 e. The number of ether oxygens (including phenoxy) is 1. The molecule has 0 unspecified atom stereocenters. The first-order chi connectivity index (χ1) is 13.3. The molecule has 8 nitrogen and oxygen atoms in total. The Hall–Kier alpha value is -3.42. The summed E-state index contributed by atoms with van der Waals surface area (Å²) < 4.78 is 4.99. The fourth-order valence-electron chi connectivity index (χ4n) is 2.71. The highest BCUT2D eigenvalue weighted by Crippen LogP contribution is 2.22. The maximum atomic E-state index is 12.3. The van der Waals surface area contributed by atoms with E-state index in [4.69, 9.17) is 10.5 Å². The number of carbonyl (C=O) groups is 2. The van der Waals surface area contributed by atoms with E-state index in [2.05, 4.69) is 5.32 Å². The lowest BCUT2D eigenvalue weighted by Gasteiger charge is -2.21. The molecule has 0 saturated carbocycles. The molecule has 8 heteroatoms. The highest BCUT2D eigenvalue weighted by Gasteiger charge is 2.20. The van der Waals surface area contributed by atoms with Gasteiger partial charge in [-0.2, -0.15) is 0 Å². The van der Waals surface area contributed by atoms with Crippen molar-refractivity contribution in [1.29, 1.82) is 0 Å². The number of nitro groups is 1. The Balaban J connectivity index is 2.01.